The summed E-state index contributed by atoms with van der Waals surface area (Å²) < 4.78 is 6.70. The standard InChI is InChI=1S/C14H18BrNO2/c15-13-4-1-2-5-14(13)18-11-3-8-16-9-6-12(17)7-10-16/h1-2,4-5H,3,6-11H2. The third kappa shape index (κ3) is 4.10. The van der Waals surface area contributed by atoms with Crippen molar-refractivity contribution in [3.63, 3.8) is 0 Å². The van der Waals surface area contributed by atoms with Gasteiger partial charge in [-0.3, -0.25) is 4.79 Å². The highest BCUT2D eigenvalue weighted by Gasteiger charge is 2.15. The molecule has 1 aromatic rings. The first-order chi connectivity index (χ1) is 8.75. The minimum Gasteiger partial charge on any atom is -0.492 e. The Morgan fingerprint density at radius 2 is 1.94 bits per heavy atom. The summed E-state index contributed by atoms with van der Waals surface area (Å²) in [5, 5.41) is 0. The van der Waals surface area contributed by atoms with Crippen molar-refractivity contribution in [1.82, 2.24) is 4.90 Å². The third-order valence-electron chi connectivity index (χ3n) is 3.13. The van der Waals surface area contributed by atoms with Crippen molar-refractivity contribution in [3.8, 4) is 5.75 Å². The monoisotopic (exact) mass is 311 g/mol. The second kappa shape index (κ2) is 6.90. The van der Waals surface area contributed by atoms with E-state index in [0.29, 0.717) is 25.2 Å². The smallest absolute Gasteiger partial charge is 0.135 e. The van der Waals surface area contributed by atoms with Crippen LogP contribution in [0.25, 0.3) is 0 Å². The molecule has 3 nitrogen and oxygen atoms in total. The number of carbonyl (C=O) groups excluding carboxylic acids is 1. The van der Waals surface area contributed by atoms with Gasteiger partial charge >= 0.3 is 0 Å². The zero-order valence-corrected chi connectivity index (χ0v) is 12.0. The molecule has 1 aromatic carbocycles. The van der Waals surface area contributed by atoms with Gasteiger partial charge in [-0.05, 0) is 34.5 Å². The van der Waals surface area contributed by atoms with Gasteiger partial charge in [0.15, 0.2) is 0 Å². The molecule has 0 unspecified atom stereocenters. The Hall–Kier alpha value is -0.870. The summed E-state index contributed by atoms with van der Waals surface area (Å²) in [5.74, 6) is 1.29. The quantitative estimate of drug-likeness (QED) is 0.783. The molecule has 0 radical (unpaired) electrons. The summed E-state index contributed by atoms with van der Waals surface area (Å²) >= 11 is 3.46. The number of hydrogen-bond acceptors (Lipinski definition) is 3. The Kier molecular flexibility index (Phi) is 5.20. The van der Waals surface area contributed by atoms with Crippen molar-refractivity contribution >= 4 is 21.7 Å². The molecule has 1 aliphatic heterocycles. The van der Waals surface area contributed by atoms with Gasteiger partial charge in [-0.25, -0.2) is 0 Å². The molecule has 0 atom stereocenters. The van der Waals surface area contributed by atoms with Crippen LogP contribution in [0.2, 0.25) is 0 Å². The fourth-order valence-corrected chi connectivity index (χ4v) is 2.46. The van der Waals surface area contributed by atoms with Gasteiger partial charge < -0.3 is 9.64 Å². The van der Waals surface area contributed by atoms with Crippen LogP contribution in [0.5, 0.6) is 5.75 Å². The van der Waals surface area contributed by atoms with Crippen LogP contribution in [0.1, 0.15) is 19.3 Å². The summed E-state index contributed by atoms with van der Waals surface area (Å²) in [4.78, 5) is 13.4. The molecule has 0 spiro atoms. The lowest BCUT2D eigenvalue weighted by molar-refractivity contribution is -0.121. The lowest BCUT2D eigenvalue weighted by atomic mass is 10.1. The summed E-state index contributed by atoms with van der Waals surface area (Å²) in [6, 6.07) is 7.88. The fourth-order valence-electron chi connectivity index (χ4n) is 2.06. The third-order valence-corrected chi connectivity index (χ3v) is 3.78. The summed E-state index contributed by atoms with van der Waals surface area (Å²) in [6.45, 7) is 3.55. The van der Waals surface area contributed by atoms with E-state index in [4.69, 9.17) is 4.74 Å². The van der Waals surface area contributed by atoms with Crippen molar-refractivity contribution < 1.29 is 9.53 Å². The lowest BCUT2D eigenvalue weighted by Gasteiger charge is -2.25. The number of piperidine rings is 1. The minimum atomic E-state index is 0.399. The molecule has 18 heavy (non-hydrogen) atoms. The minimum absolute atomic E-state index is 0.399. The summed E-state index contributed by atoms with van der Waals surface area (Å²) in [7, 11) is 0. The molecule has 1 fully saturated rings. The van der Waals surface area contributed by atoms with E-state index >= 15 is 0 Å². The molecular weight excluding hydrogens is 294 g/mol. The molecule has 0 amide bonds. The number of nitrogens with zero attached hydrogens (tertiary/aromatic N) is 1. The van der Waals surface area contributed by atoms with Crippen LogP contribution in [-0.2, 0) is 4.79 Å². The van der Waals surface area contributed by atoms with E-state index in [-0.39, 0.29) is 0 Å². The number of halogens is 1. The van der Waals surface area contributed by atoms with E-state index in [9.17, 15) is 4.79 Å². The van der Waals surface area contributed by atoms with E-state index in [1.165, 1.54) is 0 Å². The van der Waals surface area contributed by atoms with Crippen LogP contribution in [0.4, 0.5) is 0 Å². The van der Waals surface area contributed by atoms with Crippen LogP contribution < -0.4 is 4.74 Å². The van der Waals surface area contributed by atoms with Gasteiger partial charge in [0, 0.05) is 32.5 Å². The molecule has 0 aliphatic carbocycles. The highest BCUT2D eigenvalue weighted by atomic mass is 79.9. The maximum Gasteiger partial charge on any atom is 0.135 e. The van der Waals surface area contributed by atoms with Crippen molar-refractivity contribution in [1.29, 1.82) is 0 Å². The first-order valence-electron chi connectivity index (χ1n) is 6.37. The van der Waals surface area contributed by atoms with Crippen molar-refractivity contribution in [2.45, 2.75) is 19.3 Å². The number of carbonyl (C=O) groups is 1. The zero-order valence-electron chi connectivity index (χ0n) is 10.4. The van der Waals surface area contributed by atoms with Gasteiger partial charge in [-0.2, -0.15) is 0 Å². The van der Waals surface area contributed by atoms with E-state index in [2.05, 4.69) is 20.8 Å². The molecule has 4 heteroatoms. The Bertz CT molecular complexity index is 399. The van der Waals surface area contributed by atoms with E-state index in [0.717, 1.165) is 36.3 Å². The number of para-hydroxylation sites is 1. The molecule has 0 N–H and O–H groups in total. The Balaban J connectivity index is 1.64. The van der Waals surface area contributed by atoms with Gasteiger partial charge in [0.2, 0.25) is 0 Å². The first kappa shape index (κ1) is 13.6. The number of ketones is 1. The molecule has 98 valence electrons. The Morgan fingerprint density at radius 1 is 1.22 bits per heavy atom. The normalized spacial score (nSPS) is 16.8. The second-order valence-electron chi connectivity index (χ2n) is 4.51. The van der Waals surface area contributed by atoms with E-state index in [1.807, 2.05) is 24.3 Å². The molecular formula is C14H18BrNO2. The van der Waals surface area contributed by atoms with Crippen LogP contribution >= 0.6 is 15.9 Å². The zero-order chi connectivity index (χ0) is 12.8. The van der Waals surface area contributed by atoms with Crippen LogP contribution in [0, 0.1) is 0 Å². The van der Waals surface area contributed by atoms with Crippen molar-refractivity contribution in [2.24, 2.45) is 0 Å². The first-order valence-corrected chi connectivity index (χ1v) is 7.16. The van der Waals surface area contributed by atoms with Crippen LogP contribution in [0.15, 0.2) is 28.7 Å². The number of likely N-dealkylation sites (tertiary alicyclic amines) is 1. The predicted molar refractivity (Wildman–Crippen MR) is 74.9 cm³/mol. The van der Waals surface area contributed by atoms with Crippen molar-refractivity contribution in [2.75, 3.05) is 26.2 Å². The van der Waals surface area contributed by atoms with E-state index in [1.54, 1.807) is 0 Å². The largest absolute Gasteiger partial charge is 0.492 e. The van der Waals surface area contributed by atoms with Gasteiger partial charge in [-0.15, -0.1) is 0 Å². The summed E-state index contributed by atoms with van der Waals surface area (Å²) in [5.41, 5.74) is 0. The molecule has 2 rings (SSSR count). The lowest BCUT2D eigenvalue weighted by Crippen LogP contribution is -2.35. The topological polar surface area (TPSA) is 29.5 Å². The van der Waals surface area contributed by atoms with Gasteiger partial charge in [0.25, 0.3) is 0 Å². The molecule has 1 aliphatic rings. The summed E-state index contributed by atoms with van der Waals surface area (Å²) in [6.07, 6.45) is 2.42. The molecule has 1 saturated heterocycles. The SMILES string of the molecule is O=C1CCN(CCCOc2ccccc2Br)CC1. The number of ether oxygens (including phenoxy) is 1. The van der Waals surface area contributed by atoms with Gasteiger partial charge in [0.05, 0.1) is 11.1 Å². The highest BCUT2D eigenvalue weighted by Crippen LogP contribution is 2.23. The average molecular weight is 312 g/mol. The van der Waals surface area contributed by atoms with Crippen LogP contribution in [0.3, 0.4) is 0 Å². The van der Waals surface area contributed by atoms with Crippen LogP contribution in [-0.4, -0.2) is 36.9 Å². The van der Waals surface area contributed by atoms with Gasteiger partial charge in [0.1, 0.15) is 11.5 Å². The fraction of sp³-hybridized carbons (Fsp3) is 0.500. The average Bonchev–Trinajstić information content (AvgIpc) is 2.39. The number of benzene rings is 1. The molecule has 1 heterocycles. The molecule has 0 bridgehead atoms. The second-order valence-corrected chi connectivity index (χ2v) is 5.37. The maximum atomic E-state index is 11.1. The van der Waals surface area contributed by atoms with Gasteiger partial charge in [-0.1, -0.05) is 12.1 Å². The highest BCUT2D eigenvalue weighted by molar-refractivity contribution is 9.10. The number of rotatable bonds is 5. The Labute approximate surface area is 116 Å². The van der Waals surface area contributed by atoms with E-state index < -0.39 is 0 Å². The molecule has 0 aromatic heterocycles. The number of Topliss-reactive ketones (excluding diaryl/α,β-unsaturated/α-hetero) is 1. The molecule has 0 saturated carbocycles. The predicted octanol–water partition coefficient (Wildman–Crippen LogP) is 2.88. The van der Waals surface area contributed by atoms with Crippen molar-refractivity contribution in [3.05, 3.63) is 28.7 Å². The maximum absolute atomic E-state index is 11.1. The Morgan fingerprint density at radius 3 is 2.67 bits per heavy atom. The number of hydrogen-bond donors (Lipinski definition) is 0.